The fraction of sp³-hybridized carbons (Fsp3) is 0.150. The van der Waals surface area contributed by atoms with Gasteiger partial charge in [0.2, 0.25) is 4.96 Å². The van der Waals surface area contributed by atoms with Crippen LogP contribution in [0.1, 0.15) is 21.6 Å². The van der Waals surface area contributed by atoms with Crippen molar-refractivity contribution in [1.82, 2.24) is 19.9 Å². The molecule has 0 aliphatic carbocycles. The SMILES string of the molecule is Cc1ccc(C(=O)NCCc2csc3nc(-c4cccc(F)c4)nn23)cc1. The Balaban J connectivity index is 1.45. The Morgan fingerprint density at radius 2 is 2.04 bits per heavy atom. The maximum atomic E-state index is 13.4. The molecular weight excluding hydrogens is 363 g/mol. The molecule has 27 heavy (non-hydrogen) atoms. The molecule has 5 nitrogen and oxygen atoms in total. The molecule has 7 heteroatoms. The van der Waals surface area contributed by atoms with Crippen LogP contribution < -0.4 is 5.32 Å². The Morgan fingerprint density at radius 3 is 2.81 bits per heavy atom. The topological polar surface area (TPSA) is 59.3 Å². The van der Waals surface area contributed by atoms with E-state index in [4.69, 9.17) is 0 Å². The average Bonchev–Trinajstić information content (AvgIpc) is 3.24. The molecule has 0 aliphatic rings. The molecule has 0 aliphatic heterocycles. The summed E-state index contributed by atoms with van der Waals surface area (Å²) in [5.74, 6) is 0.0801. The van der Waals surface area contributed by atoms with Crippen molar-refractivity contribution in [3.8, 4) is 11.4 Å². The minimum absolute atomic E-state index is 0.0967. The number of fused-ring (bicyclic) bond motifs is 1. The zero-order chi connectivity index (χ0) is 18.8. The van der Waals surface area contributed by atoms with E-state index in [0.29, 0.717) is 29.9 Å². The maximum Gasteiger partial charge on any atom is 0.251 e. The maximum absolute atomic E-state index is 13.4. The lowest BCUT2D eigenvalue weighted by Crippen LogP contribution is -2.25. The summed E-state index contributed by atoms with van der Waals surface area (Å²) in [6, 6.07) is 13.7. The Kier molecular flexibility index (Phi) is 4.68. The Hall–Kier alpha value is -3.06. The third kappa shape index (κ3) is 3.73. The van der Waals surface area contributed by atoms with Crippen LogP contribution in [-0.2, 0) is 6.42 Å². The summed E-state index contributed by atoms with van der Waals surface area (Å²) in [4.78, 5) is 17.4. The van der Waals surface area contributed by atoms with Crippen LogP contribution in [0.3, 0.4) is 0 Å². The van der Waals surface area contributed by atoms with Gasteiger partial charge in [0.1, 0.15) is 5.82 Å². The van der Waals surface area contributed by atoms with Crippen LogP contribution in [0.15, 0.2) is 53.9 Å². The third-order valence-corrected chi connectivity index (χ3v) is 5.08. The van der Waals surface area contributed by atoms with Crippen molar-refractivity contribution in [1.29, 1.82) is 0 Å². The molecule has 0 bridgehead atoms. The van der Waals surface area contributed by atoms with E-state index in [0.717, 1.165) is 16.2 Å². The number of nitrogens with one attached hydrogen (secondary N) is 1. The Labute approximate surface area is 159 Å². The number of hydrogen-bond donors (Lipinski definition) is 1. The highest BCUT2D eigenvalue weighted by molar-refractivity contribution is 7.15. The average molecular weight is 380 g/mol. The summed E-state index contributed by atoms with van der Waals surface area (Å²) in [5, 5.41) is 9.38. The van der Waals surface area contributed by atoms with Gasteiger partial charge in [0.05, 0.1) is 5.69 Å². The fourth-order valence-electron chi connectivity index (χ4n) is 2.76. The van der Waals surface area contributed by atoms with Gasteiger partial charge in [0.25, 0.3) is 5.91 Å². The molecule has 2 heterocycles. The molecule has 1 N–H and O–H groups in total. The largest absolute Gasteiger partial charge is 0.352 e. The number of carbonyl (C=O) groups excluding carboxylic acids is 1. The first kappa shape index (κ1) is 17.4. The molecule has 4 rings (SSSR count). The first-order valence-corrected chi connectivity index (χ1v) is 9.42. The predicted octanol–water partition coefficient (Wildman–Crippen LogP) is 3.88. The lowest BCUT2D eigenvalue weighted by atomic mass is 10.1. The molecule has 2 aromatic carbocycles. The number of aromatic nitrogens is 3. The van der Waals surface area contributed by atoms with Gasteiger partial charge in [-0.3, -0.25) is 4.79 Å². The molecule has 0 radical (unpaired) electrons. The molecule has 2 aromatic heterocycles. The summed E-state index contributed by atoms with van der Waals surface area (Å²) in [6.45, 7) is 2.48. The number of nitrogens with zero attached hydrogens (tertiary/aromatic N) is 3. The van der Waals surface area contributed by atoms with Gasteiger partial charge in [-0.25, -0.2) is 8.91 Å². The first-order valence-electron chi connectivity index (χ1n) is 8.54. The van der Waals surface area contributed by atoms with E-state index in [1.165, 1.54) is 23.5 Å². The number of halogens is 1. The molecule has 0 atom stereocenters. The third-order valence-electron chi connectivity index (χ3n) is 4.21. The van der Waals surface area contributed by atoms with Crippen LogP contribution in [0.25, 0.3) is 16.3 Å². The molecule has 0 unspecified atom stereocenters. The van der Waals surface area contributed by atoms with Gasteiger partial charge in [-0.2, -0.15) is 4.98 Å². The summed E-state index contributed by atoms with van der Waals surface area (Å²) >= 11 is 1.47. The Morgan fingerprint density at radius 1 is 1.22 bits per heavy atom. The van der Waals surface area contributed by atoms with Gasteiger partial charge in [0.15, 0.2) is 5.82 Å². The van der Waals surface area contributed by atoms with Gasteiger partial charge >= 0.3 is 0 Å². The first-order chi connectivity index (χ1) is 13.1. The number of carbonyl (C=O) groups is 1. The Bertz CT molecular complexity index is 1100. The van der Waals surface area contributed by atoms with Gasteiger partial charge in [0, 0.05) is 29.5 Å². The minimum atomic E-state index is -0.315. The molecule has 4 aromatic rings. The normalized spacial score (nSPS) is 11.0. The van der Waals surface area contributed by atoms with E-state index in [9.17, 15) is 9.18 Å². The lowest BCUT2D eigenvalue weighted by Gasteiger charge is -2.05. The number of thiazole rings is 1. The summed E-state index contributed by atoms with van der Waals surface area (Å²) in [7, 11) is 0. The summed E-state index contributed by atoms with van der Waals surface area (Å²) < 4.78 is 15.2. The highest BCUT2D eigenvalue weighted by Gasteiger charge is 2.12. The van der Waals surface area contributed by atoms with Gasteiger partial charge in [-0.05, 0) is 31.2 Å². The van der Waals surface area contributed by atoms with Crippen molar-refractivity contribution in [3.05, 3.63) is 76.5 Å². The predicted molar refractivity (Wildman–Crippen MR) is 103 cm³/mol. The van der Waals surface area contributed by atoms with Crippen LogP contribution in [0.5, 0.6) is 0 Å². The second kappa shape index (κ2) is 7.28. The molecule has 0 saturated carbocycles. The van der Waals surface area contributed by atoms with Crippen LogP contribution in [-0.4, -0.2) is 27.0 Å². The lowest BCUT2D eigenvalue weighted by molar-refractivity contribution is 0.0954. The molecule has 0 spiro atoms. The van der Waals surface area contributed by atoms with Crippen molar-refractivity contribution >= 4 is 22.2 Å². The van der Waals surface area contributed by atoms with Crippen molar-refractivity contribution in [2.45, 2.75) is 13.3 Å². The number of aryl methyl sites for hydroxylation is 1. The second-order valence-corrected chi connectivity index (χ2v) is 7.08. The zero-order valence-corrected chi connectivity index (χ0v) is 15.5. The van der Waals surface area contributed by atoms with E-state index >= 15 is 0 Å². The smallest absolute Gasteiger partial charge is 0.251 e. The highest BCUT2D eigenvalue weighted by Crippen LogP contribution is 2.21. The van der Waals surface area contributed by atoms with Gasteiger partial charge in [-0.15, -0.1) is 16.4 Å². The van der Waals surface area contributed by atoms with E-state index < -0.39 is 0 Å². The highest BCUT2D eigenvalue weighted by atomic mass is 32.1. The zero-order valence-electron chi connectivity index (χ0n) is 14.6. The molecule has 0 fully saturated rings. The number of rotatable bonds is 5. The van der Waals surface area contributed by atoms with E-state index in [1.807, 2.05) is 36.6 Å². The number of hydrogen-bond acceptors (Lipinski definition) is 4. The van der Waals surface area contributed by atoms with Crippen molar-refractivity contribution in [2.75, 3.05) is 6.54 Å². The van der Waals surface area contributed by atoms with Crippen LogP contribution in [0.4, 0.5) is 4.39 Å². The number of benzene rings is 2. The van der Waals surface area contributed by atoms with E-state index in [-0.39, 0.29) is 11.7 Å². The van der Waals surface area contributed by atoms with Gasteiger partial charge in [-0.1, -0.05) is 29.8 Å². The molecule has 0 saturated heterocycles. The van der Waals surface area contributed by atoms with E-state index in [2.05, 4.69) is 15.4 Å². The molecule has 136 valence electrons. The standard InChI is InChI=1S/C20H17FN4OS/c1-13-5-7-14(8-6-13)19(26)22-10-9-17-12-27-20-23-18(24-25(17)20)15-3-2-4-16(21)11-15/h2-8,11-12H,9-10H2,1H3,(H,22,26). The quantitative estimate of drug-likeness (QED) is 0.572. The summed E-state index contributed by atoms with van der Waals surface area (Å²) in [6.07, 6.45) is 0.629. The monoisotopic (exact) mass is 380 g/mol. The number of amides is 1. The van der Waals surface area contributed by atoms with Crippen LogP contribution in [0.2, 0.25) is 0 Å². The summed E-state index contributed by atoms with van der Waals surface area (Å²) in [5.41, 5.74) is 3.36. The van der Waals surface area contributed by atoms with Crippen molar-refractivity contribution < 1.29 is 9.18 Å². The van der Waals surface area contributed by atoms with Crippen LogP contribution >= 0.6 is 11.3 Å². The van der Waals surface area contributed by atoms with Crippen molar-refractivity contribution in [2.24, 2.45) is 0 Å². The van der Waals surface area contributed by atoms with Gasteiger partial charge < -0.3 is 5.32 Å². The molecule has 1 amide bonds. The van der Waals surface area contributed by atoms with Crippen molar-refractivity contribution in [3.63, 3.8) is 0 Å². The van der Waals surface area contributed by atoms with E-state index in [1.54, 1.807) is 16.6 Å². The molecular formula is C20H17FN4OS. The second-order valence-electron chi connectivity index (χ2n) is 6.24. The fourth-order valence-corrected chi connectivity index (χ4v) is 3.61. The van der Waals surface area contributed by atoms with Crippen LogP contribution in [0, 0.1) is 12.7 Å². The minimum Gasteiger partial charge on any atom is -0.352 e.